The van der Waals surface area contributed by atoms with E-state index in [1.165, 1.54) is 31.7 Å². The van der Waals surface area contributed by atoms with Gasteiger partial charge in [-0.1, -0.05) is 6.42 Å². The molecule has 3 rings (SSSR count). The van der Waals surface area contributed by atoms with Crippen LogP contribution in [0.3, 0.4) is 0 Å². The summed E-state index contributed by atoms with van der Waals surface area (Å²) in [6.07, 6.45) is 6.67. The predicted octanol–water partition coefficient (Wildman–Crippen LogP) is 0.758. The van der Waals surface area contributed by atoms with Crippen molar-refractivity contribution < 1.29 is 4.79 Å². The normalized spacial score (nSPS) is 27.1. The van der Waals surface area contributed by atoms with Gasteiger partial charge in [0.25, 0.3) is 5.91 Å². The number of hydrogen-bond donors (Lipinski definition) is 1. The molecular formula is C14H21N5O. The molecule has 2 aliphatic rings. The molecule has 2 fully saturated rings. The Labute approximate surface area is 119 Å². The number of carbonyl (C=O) groups excluding carboxylic acids is 1. The Balaban J connectivity index is 1.77. The Morgan fingerprint density at radius 3 is 3.00 bits per heavy atom. The third kappa shape index (κ3) is 2.47. The molecule has 1 aromatic heterocycles. The summed E-state index contributed by atoms with van der Waals surface area (Å²) in [6, 6.07) is 0.706. The van der Waals surface area contributed by atoms with Crippen LogP contribution >= 0.6 is 0 Å². The molecule has 2 N–H and O–H groups in total. The van der Waals surface area contributed by atoms with Gasteiger partial charge < -0.3 is 10.6 Å². The number of nitrogens with two attached hydrogens (primary N) is 1. The molecule has 1 aromatic rings. The van der Waals surface area contributed by atoms with Crippen LogP contribution in [-0.2, 0) is 0 Å². The summed E-state index contributed by atoms with van der Waals surface area (Å²) in [7, 11) is 0. The lowest BCUT2D eigenvalue weighted by atomic mass is 9.97. The van der Waals surface area contributed by atoms with E-state index >= 15 is 0 Å². The summed E-state index contributed by atoms with van der Waals surface area (Å²) < 4.78 is 0. The van der Waals surface area contributed by atoms with Gasteiger partial charge in [0.1, 0.15) is 11.5 Å². The van der Waals surface area contributed by atoms with Crippen molar-refractivity contribution in [2.24, 2.45) is 0 Å². The zero-order chi connectivity index (χ0) is 14.1. The van der Waals surface area contributed by atoms with Crippen LogP contribution in [-0.4, -0.2) is 57.4 Å². The van der Waals surface area contributed by atoms with E-state index in [0.717, 1.165) is 19.6 Å². The standard InChI is InChI=1S/C14H21N5O/c1-10-8-18-5-3-2-4-11(18)9-19(10)14(20)12-6-16-7-13(15)17-12/h6-7,10-11H,2-5,8-9H2,1H3,(H2,15,17). The molecule has 0 radical (unpaired) electrons. The van der Waals surface area contributed by atoms with E-state index in [-0.39, 0.29) is 11.9 Å². The molecule has 2 atom stereocenters. The largest absolute Gasteiger partial charge is 0.382 e. The van der Waals surface area contributed by atoms with Gasteiger partial charge in [-0.05, 0) is 26.3 Å². The van der Waals surface area contributed by atoms with Crippen molar-refractivity contribution in [1.82, 2.24) is 19.8 Å². The minimum Gasteiger partial charge on any atom is -0.382 e. The second-order valence-electron chi connectivity index (χ2n) is 5.78. The molecule has 0 saturated carbocycles. The fraction of sp³-hybridized carbons (Fsp3) is 0.643. The van der Waals surface area contributed by atoms with Crippen molar-refractivity contribution in [2.75, 3.05) is 25.4 Å². The highest BCUT2D eigenvalue weighted by Crippen LogP contribution is 2.24. The van der Waals surface area contributed by atoms with Crippen LogP contribution in [0.4, 0.5) is 5.82 Å². The molecule has 0 aliphatic carbocycles. The zero-order valence-corrected chi connectivity index (χ0v) is 11.8. The molecule has 0 spiro atoms. The van der Waals surface area contributed by atoms with E-state index in [1.54, 1.807) is 0 Å². The molecule has 1 amide bonds. The van der Waals surface area contributed by atoms with Crippen LogP contribution in [0.2, 0.25) is 0 Å². The van der Waals surface area contributed by atoms with Gasteiger partial charge in [-0.15, -0.1) is 0 Å². The van der Waals surface area contributed by atoms with Gasteiger partial charge in [0.15, 0.2) is 0 Å². The first kappa shape index (κ1) is 13.3. The van der Waals surface area contributed by atoms with Crippen LogP contribution in [0, 0.1) is 0 Å². The lowest BCUT2D eigenvalue weighted by molar-refractivity contribution is 0.0148. The molecule has 0 bridgehead atoms. The van der Waals surface area contributed by atoms with Crippen LogP contribution in [0.25, 0.3) is 0 Å². The number of fused-ring (bicyclic) bond motifs is 1. The van der Waals surface area contributed by atoms with E-state index < -0.39 is 0 Å². The van der Waals surface area contributed by atoms with Crippen molar-refractivity contribution in [2.45, 2.75) is 38.3 Å². The van der Waals surface area contributed by atoms with Crippen molar-refractivity contribution in [3.63, 3.8) is 0 Å². The van der Waals surface area contributed by atoms with Gasteiger partial charge in [0.2, 0.25) is 0 Å². The van der Waals surface area contributed by atoms with Gasteiger partial charge in [-0.2, -0.15) is 0 Å². The minimum atomic E-state index is -0.0532. The maximum absolute atomic E-state index is 12.6. The first-order valence-electron chi connectivity index (χ1n) is 7.27. The summed E-state index contributed by atoms with van der Waals surface area (Å²) >= 11 is 0. The third-order valence-corrected chi connectivity index (χ3v) is 4.32. The lowest BCUT2D eigenvalue weighted by Crippen LogP contribution is -2.60. The Kier molecular flexibility index (Phi) is 3.56. The molecule has 108 valence electrons. The Morgan fingerprint density at radius 1 is 1.35 bits per heavy atom. The number of nitrogens with zero attached hydrogens (tertiary/aromatic N) is 4. The molecule has 0 aromatic carbocycles. The van der Waals surface area contributed by atoms with Crippen molar-refractivity contribution in [3.05, 3.63) is 18.1 Å². The molecule has 3 heterocycles. The van der Waals surface area contributed by atoms with Crippen LogP contribution in [0.1, 0.15) is 36.7 Å². The van der Waals surface area contributed by atoms with Gasteiger partial charge in [0.05, 0.1) is 12.4 Å². The second-order valence-corrected chi connectivity index (χ2v) is 5.78. The number of amides is 1. The van der Waals surface area contributed by atoms with Gasteiger partial charge in [-0.3, -0.25) is 14.7 Å². The van der Waals surface area contributed by atoms with Crippen molar-refractivity contribution in [3.8, 4) is 0 Å². The first-order valence-corrected chi connectivity index (χ1v) is 7.27. The monoisotopic (exact) mass is 275 g/mol. The van der Waals surface area contributed by atoms with Gasteiger partial charge in [-0.25, -0.2) is 4.98 Å². The summed E-state index contributed by atoms with van der Waals surface area (Å²) in [6.45, 7) is 5.00. The molecule has 2 aliphatic heterocycles. The van der Waals surface area contributed by atoms with Crippen molar-refractivity contribution in [1.29, 1.82) is 0 Å². The summed E-state index contributed by atoms with van der Waals surface area (Å²) in [5.41, 5.74) is 5.96. The summed E-state index contributed by atoms with van der Waals surface area (Å²) in [5, 5.41) is 0. The number of piperidine rings is 1. The number of anilines is 1. The van der Waals surface area contributed by atoms with E-state index in [1.807, 2.05) is 4.90 Å². The number of rotatable bonds is 1. The molecular weight excluding hydrogens is 254 g/mol. The molecule has 6 nitrogen and oxygen atoms in total. The Morgan fingerprint density at radius 2 is 2.20 bits per heavy atom. The zero-order valence-electron chi connectivity index (χ0n) is 11.8. The molecule has 2 unspecified atom stereocenters. The predicted molar refractivity (Wildman–Crippen MR) is 76.2 cm³/mol. The SMILES string of the molecule is CC1CN2CCCCC2CN1C(=O)c1cncc(N)n1. The highest BCUT2D eigenvalue weighted by molar-refractivity contribution is 5.92. The fourth-order valence-electron chi connectivity index (χ4n) is 3.27. The highest BCUT2D eigenvalue weighted by atomic mass is 16.2. The summed E-state index contributed by atoms with van der Waals surface area (Å²) in [5.74, 6) is 0.238. The second kappa shape index (κ2) is 5.36. The Hall–Kier alpha value is -1.69. The fourth-order valence-corrected chi connectivity index (χ4v) is 3.27. The minimum absolute atomic E-state index is 0.0532. The first-order chi connectivity index (χ1) is 9.65. The Bertz CT molecular complexity index is 506. The summed E-state index contributed by atoms with van der Waals surface area (Å²) in [4.78, 5) is 25.1. The van der Waals surface area contributed by atoms with Crippen LogP contribution in [0.15, 0.2) is 12.4 Å². The quantitative estimate of drug-likeness (QED) is 0.819. The molecule has 6 heteroatoms. The highest BCUT2D eigenvalue weighted by Gasteiger charge is 2.35. The number of piperazine rings is 1. The molecule has 20 heavy (non-hydrogen) atoms. The van der Waals surface area contributed by atoms with Crippen molar-refractivity contribution >= 4 is 11.7 Å². The van der Waals surface area contributed by atoms with E-state index in [2.05, 4.69) is 21.8 Å². The lowest BCUT2D eigenvalue weighted by Gasteiger charge is -2.47. The number of hydrogen-bond acceptors (Lipinski definition) is 5. The molecule has 2 saturated heterocycles. The van der Waals surface area contributed by atoms with E-state index in [4.69, 9.17) is 5.73 Å². The number of carbonyl (C=O) groups is 1. The number of nitrogen functional groups attached to an aromatic ring is 1. The van der Waals surface area contributed by atoms with Crippen LogP contribution < -0.4 is 5.73 Å². The maximum atomic E-state index is 12.6. The average Bonchev–Trinajstić information content (AvgIpc) is 2.46. The van der Waals surface area contributed by atoms with E-state index in [0.29, 0.717) is 17.6 Å². The van der Waals surface area contributed by atoms with Gasteiger partial charge in [0, 0.05) is 25.2 Å². The third-order valence-electron chi connectivity index (χ3n) is 4.32. The van der Waals surface area contributed by atoms with Crippen LogP contribution in [0.5, 0.6) is 0 Å². The topological polar surface area (TPSA) is 75.3 Å². The van der Waals surface area contributed by atoms with E-state index in [9.17, 15) is 4.79 Å². The maximum Gasteiger partial charge on any atom is 0.274 e. The van der Waals surface area contributed by atoms with Gasteiger partial charge >= 0.3 is 0 Å². The average molecular weight is 275 g/mol. The number of aromatic nitrogens is 2. The smallest absolute Gasteiger partial charge is 0.274 e.